The van der Waals surface area contributed by atoms with Crippen LogP contribution in [0.1, 0.15) is 36.3 Å². The Labute approximate surface area is 128 Å². The van der Waals surface area contributed by atoms with Gasteiger partial charge in [-0.3, -0.25) is 4.98 Å². The number of nitrogens with zero attached hydrogens (tertiary/aromatic N) is 1. The van der Waals surface area contributed by atoms with E-state index in [1.807, 2.05) is 13.0 Å². The molecule has 2 atom stereocenters. The van der Waals surface area contributed by atoms with Crippen molar-refractivity contribution >= 4 is 5.97 Å². The van der Waals surface area contributed by atoms with E-state index < -0.39 is 12.6 Å². The third-order valence-corrected chi connectivity index (χ3v) is 4.37. The van der Waals surface area contributed by atoms with Crippen LogP contribution in [0, 0.1) is 12.3 Å². The molecule has 0 saturated carbocycles. The largest absolute Gasteiger partial charge is 0.500 e. The van der Waals surface area contributed by atoms with Crippen molar-refractivity contribution in [2.45, 2.75) is 33.0 Å². The minimum Gasteiger partial charge on any atom is -0.500 e. The van der Waals surface area contributed by atoms with Crippen molar-refractivity contribution in [2.24, 2.45) is 5.41 Å². The van der Waals surface area contributed by atoms with E-state index in [9.17, 15) is 4.79 Å². The molecule has 0 fully saturated rings. The molecular weight excluding hydrogens is 286 g/mol. The maximum atomic E-state index is 10.8. The molecule has 6 heteroatoms. The van der Waals surface area contributed by atoms with Crippen molar-refractivity contribution in [3.05, 3.63) is 35.4 Å². The number of carboxylic acid groups (broad SMARTS) is 1. The molecule has 0 saturated heterocycles. The van der Waals surface area contributed by atoms with Crippen LogP contribution in [0.4, 0.5) is 0 Å². The predicted octanol–water partition coefficient (Wildman–Crippen LogP) is 2.37. The quantitative estimate of drug-likeness (QED) is 0.900. The van der Waals surface area contributed by atoms with Gasteiger partial charge in [-0.25, -0.2) is 4.79 Å². The van der Waals surface area contributed by atoms with Gasteiger partial charge in [-0.1, -0.05) is 6.92 Å². The molecule has 3 rings (SSSR count). The molecule has 0 aliphatic carbocycles. The average Bonchev–Trinajstić information content (AvgIpc) is 3.13. The van der Waals surface area contributed by atoms with Crippen LogP contribution in [0.3, 0.4) is 0 Å². The second-order valence-electron chi connectivity index (χ2n) is 5.69. The van der Waals surface area contributed by atoms with Crippen LogP contribution in [0.25, 0.3) is 0 Å². The van der Waals surface area contributed by atoms with Crippen molar-refractivity contribution in [1.29, 1.82) is 0 Å². The van der Waals surface area contributed by atoms with Crippen molar-refractivity contribution < 1.29 is 24.1 Å². The summed E-state index contributed by atoms with van der Waals surface area (Å²) >= 11 is 0. The van der Waals surface area contributed by atoms with Gasteiger partial charge in [-0.2, -0.15) is 0 Å². The lowest BCUT2D eigenvalue weighted by atomic mass is 9.77. The molecule has 22 heavy (non-hydrogen) atoms. The minimum absolute atomic E-state index is 0.211. The van der Waals surface area contributed by atoms with Crippen molar-refractivity contribution in [3.8, 4) is 5.75 Å². The summed E-state index contributed by atoms with van der Waals surface area (Å²) in [7, 11) is 0. The number of carboxylic acids is 1. The molecule has 1 N–H and O–H groups in total. The van der Waals surface area contributed by atoms with E-state index in [0.29, 0.717) is 24.7 Å². The Bertz CT molecular complexity index is 627. The number of fused-ring (bicyclic) bond motifs is 1. The highest BCUT2D eigenvalue weighted by Crippen LogP contribution is 2.51. The van der Waals surface area contributed by atoms with Crippen LogP contribution in [-0.4, -0.2) is 29.3 Å². The second kappa shape index (κ2) is 5.61. The van der Waals surface area contributed by atoms with Crippen LogP contribution in [0.5, 0.6) is 5.75 Å². The molecule has 1 aromatic heterocycles. The summed E-state index contributed by atoms with van der Waals surface area (Å²) in [5.41, 5.74) is 2.28. The molecule has 0 aromatic carbocycles. The number of aromatic nitrogens is 1. The number of pyridine rings is 1. The summed E-state index contributed by atoms with van der Waals surface area (Å²) in [5.74, 6) is -0.489. The first-order valence-corrected chi connectivity index (χ1v) is 7.31. The Morgan fingerprint density at radius 1 is 1.59 bits per heavy atom. The molecule has 6 nitrogen and oxygen atoms in total. The maximum Gasteiger partial charge on any atom is 0.341 e. The van der Waals surface area contributed by atoms with Gasteiger partial charge in [0.15, 0.2) is 6.61 Å². The highest BCUT2D eigenvalue weighted by atomic mass is 16.5. The Hall–Kier alpha value is -2.08. The van der Waals surface area contributed by atoms with Gasteiger partial charge in [-0.15, -0.1) is 0 Å². The average molecular weight is 305 g/mol. The third-order valence-electron chi connectivity index (χ3n) is 4.37. The van der Waals surface area contributed by atoms with E-state index >= 15 is 0 Å². The fourth-order valence-corrected chi connectivity index (χ4v) is 3.08. The number of aliphatic carboxylic acids is 1. The van der Waals surface area contributed by atoms with Crippen molar-refractivity contribution in [1.82, 2.24) is 4.98 Å². The van der Waals surface area contributed by atoms with Gasteiger partial charge in [0.25, 0.3) is 0 Å². The highest BCUT2D eigenvalue weighted by molar-refractivity contribution is 5.68. The van der Waals surface area contributed by atoms with Gasteiger partial charge in [0, 0.05) is 17.3 Å². The lowest BCUT2D eigenvalue weighted by Gasteiger charge is -2.31. The molecule has 2 aliphatic rings. The molecule has 0 radical (unpaired) electrons. The lowest BCUT2D eigenvalue weighted by Crippen LogP contribution is -2.28. The van der Waals surface area contributed by atoms with Gasteiger partial charge in [-0.05, 0) is 19.4 Å². The topological polar surface area (TPSA) is 77.9 Å². The predicted molar refractivity (Wildman–Crippen MR) is 77.5 cm³/mol. The molecule has 0 spiro atoms. The van der Waals surface area contributed by atoms with E-state index in [0.717, 1.165) is 17.5 Å². The standard InChI is InChI=1S/C16H19NO5/c1-3-16(4-5-20-9-16)15-13-11(7-22-15)6-17-10(2)14(13)21-8-12(18)19/h4-6,15H,3,7-9H2,1-2H3,(H,18,19). The summed E-state index contributed by atoms with van der Waals surface area (Å²) in [4.78, 5) is 15.1. The van der Waals surface area contributed by atoms with Crippen molar-refractivity contribution in [2.75, 3.05) is 13.2 Å². The zero-order valence-electron chi connectivity index (χ0n) is 12.7. The van der Waals surface area contributed by atoms with Crippen LogP contribution in [0.15, 0.2) is 18.5 Å². The minimum atomic E-state index is -1.01. The number of aryl methyl sites for hydroxylation is 1. The fourth-order valence-electron chi connectivity index (χ4n) is 3.08. The first-order chi connectivity index (χ1) is 10.6. The molecule has 1 aromatic rings. The third kappa shape index (κ3) is 2.33. The van der Waals surface area contributed by atoms with Crippen LogP contribution in [0.2, 0.25) is 0 Å². The molecule has 2 aliphatic heterocycles. The molecule has 118 valence electrons. The monoisotopic (exact) mass is 305 g/mol. The summed E-state index contributed by atoms with van der Waals surface area (Å²) in [5, 5.41) is 8.88. The molecule has 2 unspecified atom stereocenters. The Morgan fingerprint density at radius 3 is 3.05 bits per heavy atom. The molecular formula is C16H19NO5. The van der Waals surface area contributed by atoms with E-state index in [-0.39, 0.29) is 11.5 Å². The summed E-state index contributed by atoms with van der Waals surface area (Å²) in [6, 6.07) is 0. The van der Waals surface area contributed by atoms with Gasteiger partial charge in [0.1, 0.15) is 5.75 Å². The van der Waals surface area contributed by atoms with Gasteiger partial charge < -0.3 is 19.3 Å². The maximum absolute atomic E-state index is 10.8. The van der Waals surface area contributed by atoms with Crippen LogP contribution >= 0.6 is 0 Å². The number of hydrogen-bond donors (Lipinski definition) is 1. The molecule has 3 heterocycles. The first kappa shape index (κ1) is 14.8. The summed E-state index contributed by atoms with van der Waals surface area (Å²) in [6.07, 6.45) is 6.16. The number of hydrogen-bond acceptors (Lipinski definition) is 5. The molecule has 0 amide bonds. The Kier molecular flexibility index (Phi) is 3.78. The van der Waals surface area contributed by atoms with Crippen LogP contribution in [-0.2, 0) is 20.9 Å². The molecule has 0 bridgehead atoms. The lowest BCUT2D eigenvalue weighted by molar-refractivity contribution is -0.139. The normalized spacial score (nSPS) is 25.8. The van der Waals surface area contributed by atoms with Crippen LogP contribution < -0.4 is 4.74 Å². The number of rotatable bonds is 5. The van der Waals surface area contributed by atoms with E-state index in [4.69, 9.17) is 19.3 Å². The van der Waals surface area contributed by atoms with Crippen molar-refractivity contribution in [3.63, 3.8) is 0 Å². The highest BCUT2D eigenvalue weighted by Gasteiger charge is 2.45. The SMILES string of the molecule is CCC1(C2OCc3cnc(C)c(OCC(=O)O)c32)C=COC1. The number of carbonyl (C=O) groups is 1. The number of ether oxygens (including phenoxy) is 3. The summed E-state index contributed by atoms with van der Waals surface area (Å²) < 4.78 is 17.0. The van der Waals surface area contributed by atoms with Gasteiger partial charge in [0.05, 0.1) is 36.7 Å². The Morgan fingerprint density at radius 2 is 2.41 bits per heavy atom. The van der Waals surface area contributed by atoms with E-state index in [1.54, 1.807) is 12.5 Å². The smallest absolute Gasteiger partial charge is 0.341 e. The second-order valence-corrected chi connectivity index (χ2v) is 5.69. The van der Waals surface area contributed by atoms with Gasteiger partial charge >= 0.3 is 5.97 Å². The Balaban J connectivity index is 2.03. The van der Waals surface area contributed by atoms with E-state index in [1.165, 1.54) is 0 Å². The first-order valence-electron chi connectivity index (χ1n) is 7.31. The zero-order valence-corrected chi connectivity index (χ0v) is 12.7. The van der Waals surface area contributed by atoms with Gasteiger partial charge in [0.2, 0.25) is 0 Å². The van der Waals surface area contributed by atoms with E-state index in [2.05, 4.69) is 11.9 Å². The fraction of sp³-hybridized carbons (Fsp3) is 0.500. The summed E-state index contributed by atoms with van der Waals surface area (Å²) in [6.45, 7) is 4.51. The zero-order chi connectivity index (χ0) is 15.7.